The highest BCUT2D eigenvalue weighted by Gasteiger charge is 2.25. The Labute approximate surface area is 157 Å². The number of rotatable bonds is 6. The van der Waals surface area contributed by atoms with Crippen LogP contribution >= 0.6 is 0 Å². The van der Waals surface area contributed by atoms with E-state index in [4.69, 9.17) is 0 Å². The van der Waals surface area contributed by atoms with Gasteiger partial charge in [0, 0.05) is 33.2 Å². The van der Waals surface area contributed by atoms with Gasteiger partial charge < -0.3 is 9.80 Å². The van der Waals surface area contributed by atoms with E-state index in [-0.39, 0.29) is 11.9 Å². The Hall–Kier alpha value is -2.17. The Bertz CT molecular complexity index is 642. The maximum atomic E-state index is 13.0. The summed E-state index contributed by atoms with van der Waals surface area (Å²) >= 11 is 0. The van der Waals surface area contributed by atoms with Crippen LogP contribution in [0.2, 0.25) is 0 Å². The molecule has 26 heavy (non-hydrogen) atoms. The molecule has 2 aromatic rings. The van der Waals surface area contributed by atoms with Crippen LogP contribution in [0.4, 0.5) is 0 Å². The van der Waals surface area contributed by atoms with Gasteiger partial charge in [-0.1, -0.05) is 67.6 Å². The molecule has 1 saturated heterocycles. The predicted molar refractivity (Wildman–Crippen MR) is 106 cm³/mol. The van der Waals surface area contributed by atoms with Gasteiger partial charge in [0.25, 0.3) is 0 Å². The quantitative estimate of drug-likeness (QED) is 0.801. The molecular weight excluding hydrogens is 322 g/mol. The van der Waals surface area contributed by atoms with Crippen LogP contribution in [0.1, 0.15) is 24.1 Å². The molecular formula is C22H29N3O. The second kappa shape index (κ2) is 8.97. The van der Waals surface area contributed by atoms with Gasteiger partial charge in [0.15, 0.2) is 0 Å². The van der Waals surface area contributed by atoms with Gasteiger partial charge in [0.2, 0.25) is 5.91 Å². The van der Waals surface area contributed by atoms with E-state index in [2.05, 4.69) is 41.0 Å². The molecule has 0 aliphatic carbocycles. The summed E-state index contributed by atoms with van der Waals surface area (Å²) in [5.74, 6) is 0.174. The fourth-order valence-electron chi connectivity index (χ4n) is 3.62. The van der Waals surface area contributed by atoms with Crippen molar-refractivity contribution in [3.05, 3.63) is 71.8 Å². The zero-order chi connectivity index (χ0) is 18.4. The zero-order valence-corrected chi connectivity index (χ0v) is 15.8. The molecule has 0 spiro atoms. The van der Waals surface area contributed by atoms with Gasteiger partial charge >= 0.3 is 0 Å². The van der Waals surface area contributed by atoms with Crippen LogP contribution in [0.5, 0.6) is 0 Å². The summed E-state index contributed by atoms with van der Waals surface area (Å²) < 4.78 is 0. The lowest BCUT2D eigenvalue weighted by Crippen LogP contribution is -2.49. The van der Waals surface area contributed by atoms with Crippen molar-refractivity contribution in [2.75, 3.05) is 46.3 Å². The van der Waals surface area contributed by atoms with Crippen LogP contribution in [0.3, 0.4) is 0 Å². The summed E-state index contributed by atoms with van der Waals surface area (Å²) in [6.45, 7) is 7.81. The van der Waals surface area contributed by atoms with Crippen molar-refractivity contribution in [1.29, 1.82) is 0 Å². The van der Waals surface area contributed by atoms with E-state index in [9.17, 15) is 4.79 Å². The van der Waals surface area contributed by atoms with E-state index in [0.717, 1.165) is 43.9 Å². The van der Waals surface area contributed by atoms with Gasteiger partial charge in [-0.05, 0) is 17.7 Å². The van der Waals surface area contributed by atoms with Gasteiger partial charge in [-0.3, -0.25) is 9.69 Å². The average Bonchev–Trinajstić information content (AvgIpc) is 2.70. The Morgan fingerprint density at radius 2 is 1.35 bits per heavy atom. The van der Waals surface area contributed by atoms with Crippen molar-refractivity contribution in [1.82, 2.24) is 14.7 Å². The molecule has 0 atom stereocenters. The van der Waals surface area contributed by atoms with Crippen LogP contribution in [0.25, 0.3) is 0 Å². The van der Waals surface area contributed by atoms with E-state index in [1.807, 2.05) is 48.3 Å². The monoisotopic (exact) mass is 351 g/mol. The molecule has 0 radical (unpaired) electrons. The molecule has 2 aromatic carbocycles. The summed E-state index contributed by atoms with van der Waals surface area (Å²) in [4.78, 5) is 19.6. The molecule has 1 amide bonds. The van der Waals surface area contributed by atoms with Crippen LogP contribution in [0.15, 0.2) is 60.7 Å². The van der Waals surface area contributed by atoms with Crippen molar-refractivity contribution in [2.45, 2.75) is 13.0 Å². The number of nitrogens with zero attached hydrogens (tertiary/aromatic N) is 3. The molecule has 1 fully saturated rings. The molecule has 3 rings (SSSR count). The number of likely N-dealkylation sites (N-methyl/N-ethyl adjacent to an activating group) is 2. The number of carbonyl (C=O) groups is 1. The summed E-state index contributed by atoms with van der Waals surface area (Å²) in [5.41, 5.74) is 2.29. The van der Waals surface area contributed by atoms with Crippen molar-refractivity contribution in [3.8, 4) is 0 Å². The van der Waals surface area contributed by atoms with Gasteiger partial charge in [-0.15, -0.1) is 0 Å². The molecule has 4 heteroatoms. The normalized spacial score (nSPS) is 16.0. The summed E-state index contributed by atoms with van der Waals surface area (Å²) in [6, 6.07) is 20.5. The third-order valence-corrected chi connectivity index (χ3v) is 5.28. The van der Waals surface area contributed by atoms with E-state index >= 15 is 0 Å². The SMILES string of the molecule is CCN1CCN(CC(=O)N(C)C(c2ccccc2)c2ccccc2)CC1. The van der Waals surface area contributed by atoms with E-state index in [1.165, 1.54) is 0 Å². The maximum absolute atomic E-state index is 13.0. The molecule has 1 aliphatic heterocycles. The fraction of sp³-hybridized carbons (Fsp3) is 0.409. The van der Waals surface area contributed by atoms with E-state index < -0.39 is 0 Å². The third kappa shape index (κ3) is 4.51. The van der Waals surface area contributed by atoms with Gasteiger partial charge in [0.05, 0.1) is 12.6 Å². The van der Waals surface area contributed by atoms with Crippen molar-refractivity contribution >= 4 is 5.91 Å². The van der Waals surface area contributed by atoms with E-state index in [1.54, 1.807) is 0 Å². The lowest BCUT2D eigenvalue weighted by molar-refractivity contribution is -0.133. The molecule has 1 aliphatic rings. The minimum Gasteiger partial charge on any atom is -0.334 e. The van der Waals surface area contributed by atoms with Crippen molar-refractivity contribution in [3.63, 3.8) is 0 Å². The first-order valence-electron chi connectivity index (χ1n) is 9.49. The molecule has 0 unspecified atom stereocenters. The number of hydrogen-bond donors (Lipinski definition) is 0. The van der Waals surface area contributed by atoms with Crippen molar-refractivity contribution in [2.24, 2.45) is 0 Å². The lowest BCUT2D eigenvalue weighted by atomic mass is 9.97. The van der Waals surface area contributed by atoms with Crippen LogP contribution in [-0.4, -0.2) is 66.9 Å². The topological polar surface area (TPSA) is 26.8 Å². The Morgan fingerprint density at radius 1 is 0.885 bits per heavy atom. The molecule has 0 bridgehead atoms. The molecule has 138 valence electrons. The van der Waals surface area contributed by atoms with Crippen LogP contribution < -0.4 is 0 Å². The maximum Gasteiger partial charge on any atom is 0.237 e. The summed E-state index contributed by atoms with van der Waals surface area (Å²) in [5, 5.41) is 0. The average molecular weight is 351 g/mol. The smallest absolute Gasteiger partial charge is 0.237 e. The second-order valence-electron chi connectivity index (χ2n) is 6.94. The zero-order valence-electron chi connectivity index (χ0n) is 15.8. The highest BCUT2D eigenvalue weighted by molar-refractivity contribution is 5.79. The van der Waals surface area contributed by atoms with Gasteiger partial charge in [-0.25, -0.2) is 0 Å². The van der Waals surface area contributed by atoms with E-state index in [0.29, 0.717) is 6.54 Å². The van der Waals surface area contributed by atoms with Crippen molar-refractivity contribution < 1.29 is 4.79 Å². The first kappa shape index (κ1) is 18.6. The third-order valence-electron chi connectivity index (χ3n) is 5.28. The first-order valence-corrected chi connectivity index (χ1v) is 9.49. The first-order chi connectivity index (χ1) is 12.7. The largest absolute Gasteiger partial charge is 0.334 e. The van der Waals surface area contributed by atoms with Gasteiger partial charge in [0.1, 0.15) is 0 Å². The minimum atomic E-state index is -0.0539. The predicted octanol–water partition coefficient (Wildman–Crippen LogP) is 2.87. The highest BCUT2D eigenvalue weighted by atomic mass is 16.2. The summed E-state index contributed by atoms with van der Waals surface area (Å²) in [7, 11) is 1.93. The molecule has 4 nitrogen and oxygen atoms in total. The summed E-state index contributed by atoms with van der Waals surface area (Å²) in [6.07, 6.45) is 0. The minimum absolute atomic E-state index is 0.0539. The number of benzene rings is 2. The van der Waals surface area contributed by atoms with Crippen LogP contribution in [0, 0.1) is 0 Å². The molecule has 0 aromatic heterocycles. The van der Waals surface area contributed by atoms with Gasteiger partial charge in [-0.2, -0.15) is 0 Å². The molecule has 0 saturated carbocycles. The fourth-order valence-corrected chi connectivity index (χ4v) is 3.62. The number of carbonyl (C=O) groups excluding carboxylic acids is 1. The number of amides is 1. The lowest BCUT2D eigenvalue weighted by Gasteiger charge is -2.36. The number of piperazine rings is 1. The number of hydrogen-bond acceptors (Lipinski definition) is 3. The Morgan fingerprint density at radius 3 is 1.81 bits per heavy atom. The van der Waals surface area contributed by atoms with Crippen LogP contribution in [-0.2, 0) is 4.79 Å². The highest BCUT2D eigenvalue weighted by Crippen LogP contribution is 2.27. The Kier molecular flexibility index (Phi) is 6.42. The molecule has 1 heterocycles. The molecule has 0 N–H and O–H groups in total. The standard InChI is InChI=1S/C22H29N3O/c1-3-24-14-16-25(17-15-24)18-21(26)23(2)22(19-10-6-4-7-11-19)20-12-8-5-9-13-20/h4-13,22H,3,14-18H2,1-2H3. The second-order valence-corrected chi connectivity index (χ2v) is 6.94. The Balaban J connectivity index is 1.73.